The maximum Gasteiger partial charge on any atom is 0.164 e. The van der Waals surface area contributed by atoms with Crippen molar-refractivity contribution in [2.75, 3.05) is 6.54 Å². The molecule has 2 atom stereocenters. The highest BCUT2D eigenvalue weighted by Gasteiger charge is 2.35. The van der Waals surface area contributed by atoms with Gasteiger partial charge < -0.3 is 10.5 Å². The third-order valence-electron chi connectivity index (χ3n) is 4.51. The van der Waals surface area contributed by atoms with E-state index >= 15 is 0 Å². The van der Waals surface area contributed by atoms with Gasteiger partial charge in [-0.05, 0) is 44.4 Å². The molecule has 2 fully saturated rings. The number of ketones is 1. The standard InChI is InChI=1S/C14H25NO2/c1-2-10-3-5-11(6-4-10)14(16)13-8-7-12(9-15)17-13/h10-13H,2-9,15H2,1H3. The molecule has 1 heterocycles. The van der Waals surface area contributed by atoms with E-state index in [1.165, 1.54) is 19.3 Å². The maximum absolute atomic E-state index is 12.3. The Morgan fingerprint density at radius 2 is 1.88 bits per heavy atom. The van der Waals surface area contributed by atoms with Crippen LogP contribution in [0.2, 0.25) is 0 Å². The molecule has 2 rings (SSSR count). The molecule has 3 heteroatoms. The van der Waals surface area contributed by atoms with Gasteiger partial charge in [0.05, 0.1) is 6.10 Å². The number of nitrogens with two attached hydrogens (primary N) is 1. The van der Waals surface area contributed by atoms with Crippen molar-refractivity contribution < 1.29 is 9.53 Å². The van der Waals surface area contributed by atoms with Gasteiger partial charge in [0.1, 0.15) is 6.10 Å². The maximum atomic E-state index is 12.3. The van der Waals surface area contributed by atoms with E-state index in [0.717, 1.165) is 31.6 Å². The van der Waals surface area contributed by atoms with Crippen LogP contribution in [0.3, 0.4) is 0 Å². The Balaban J connectivity index is 1.81. The largest absolute Gasteiger partial charge is 0.366 e. The summed E-state index contributed by atoms with van der Waals surface area (Å²) in [5, 5.41) is 0. The lowest BCUT2D eigenvalue weighted by Gasteiger charge is -2.28. The Kier molecular flexibility index (Phi) is 4.57. The van der Waals surface area contributed by atoms with Gasteiger partial charge in [-0.1, -0.05) is 13.3 Å². The summed E-state index contributed by atoms with van der Waals surface area (Å²) >= 11 is 0. The molecule has 0 aromatic rings. The van der Waals surface area contributed by atoms with E-state index in [1.807, 2.05) is 0 Å². The Morgan fingerprint density at radius 3 is 2.41 bits per heavy atom. The first-order chi connectivity index (χ1) is 8.24. The highest BCUT2D eigenvalue weighted by molar-refractivity contribution is 5.85. The van der Waals surface area contributed by atoms with E-state index in [2.05, 4.69) is 6.92 Å². The van der Waals surface area contributed by atoms with Gasteiger partial charge in [0, 0.05) is 12.5 Å². The molecular weight excluding hydrogens is 214 g/mol. The van der Waals surface area contributed by atoms with Crippen LogP contribution in [0.15, 0.2) is 0 Å². The van der Waals surface area contributed by atoms with Gasteiger partial charge in [-0.25, -0.2) is 0 Å². The summed E-state index contributed by atoms with van der Waals surface area (Å²) in [5.41, 5.74) is 5.57. The first kappa shape index (κ1) is 13.0. The fourth-order valence-electron chi connectivity index (χ4n) is 3.21. The highest BCUT2D eigenvalue weighted by Crippen LogP contribution is 2.33. The molecule has 0 aromatic carbocycles. The lowest BCUT2D eigenvalue weighted by Crippen LogP contribution is -2.32. The molecule has 0 spiro atoms. The average molecular weight is 239 g/mol. The molecule has 1 saturated carbocycles. The zero-order valence-corrected chi connectivity index (χ0v) is 10.9. The number of carbonyl (C=O) groups is 1. The summed E-state index contributed by atoms with van der Waals surface area (Å²) in [6, 6.07) is 0. The van der Waals surface area contributed by atoms with E-state index < -0.39 is 0 Å². The summed E-state index contributed by atoms with van der Waals surface area (Å²) in [6.45, 7) is 2.80. The van der Waals surface area contributed by atoms with Gasteiger partial charge in [0.25, 0.3) is 0 Å². The predicted molar refractivity (Wildman–Crippen MR) is 67.7 cm³/mol. The van der Waals surface area contributed by atoms with Gasteiger partial charge in [0.15, 0.2) is 5.78 Å². The van der Waals surface area contributed by atoms with Crippen molar-refractivity contribution in [1.29, 1.82) is 0 Å². The molecule has 0 bridgehead atoms. The van der Waals surface area contributed by atoms with Crippen molar-refractivity contribution in [3.8, 4) is 0 Å². The Hall–Kier alpha value is -0.410. The fourth-order valence-corrected chi connectivity index (χ4v) is 3.21. The first-order valence-corrected chi connectivity index (χ1v) is 7.13. The van der Waals surface area contributed by atoms with E-state index in [4.69, 9.17) is 10.5 Å². The molecular formula is C14H25NO2. The van der Waals surface area contributed by atoms with Crippen LogP contribution in [0, 0.1) is 11.8 Å². The van der Waals surface area contributed by atoms with Crippen molar-refractivity contribution >= 4 is 5.78 Å². The van der Waals surface area contributed by atoms with Crippen molar-refractivity contribution in [3.05, 3.63) is 0 Å². The predicted octanol–water partition coefficient (Wildman–Crippen LogP) is 2.28. The van der Waals surface area contributed by atoms with Crippen LogP contribution in [0.25, 0.3) is 0 Å². The Bertz CT molecular complexity index is 259. The second-order valence-electron chi connectivity index (χ2n) is 5.59. The summed E-state index contributed by atoms with van der Waals surface area (Å²) in [4.78, 5) is 12.3. The Labute approximate surface area is 104 Å². The number of hydrogen-bond acceptors (Lipinski definition) is 3. The zero-order chi connectivity index (χ0) is 12.3. The van der Waals surface area contributed by atoms with E-state index in [9.17, 15) is 4.79 Å². The zero-order valence-electron chi connectivity index (χ0n) is 10.9. The van der Waals surface area contributed by atoms with Crippen LogP contribution in [0.4, 0.5) is 0 Å². The summed E-state index contributed by atoms with van der Waals surface area (Å²) < 4.78 is 5.70. The molecule has 1 aliphatic carbocycles. The van der Waals surface area contributed by atoms with Crippen LogP contribution in [0.1, 0.15) is 51.9 Å². The molecule has 3 nitrogen and oxygen atoms in total. The van der Waals surface area contributed by atoms with Gasteiger partial charge in [0.2, 0.25) is 0 Å². The molecule has 0 aromatic heterocycles. The van der Waals surface area contributed by atoms with Crippen LogP contribution >= 0.6 is 0 Å². The molecule has 2 N–H and O–H groups in total. The summed E-state index contributed by atoms with van der Waals surface area (Å²) in [6.07, 6.45) is 7.67. The molecule has 98 valence electrons. The minimum Gasteiger partial charge on any atom is -0.366 e. The fraction of sp³-hybridized carbons (Fsp3) is 0.929. The van der Waals surface area contributed by atoms with Crippen LogP contribution < -0.4 is 5.73 Å². The third kappa shape index (κ3) is 3.08. The monoisotopic (exact) mass is 239 g/mol. The number of rotatable bonds is 4. The quantitative estimate of drug-likeness (QED) is 0.819. The second-order valence-corrected chi connectivity index (χ2v) is 5.59. The van der Waals surface area contributed by atoms with Crippen molar-refractivity contribution in [2.24, 2.45) is 17.6 Å². The lowest BCUT2D eigenvalue weighted by molar-refractivity contribution is -0.135. The number of carbonyl (C=O) groups excluding carboxylic acids is 1. The average Bonchev–Trinajstić information content (AvgIpc) is 2.87. The second kappa shape index (κ2) is 5.96. The minimum atomic E-state index is -0.147. The first-order valence-electron chi connectivity index (χ1n) is 7.13. The lowest BCUT2D eigenvalue weighted by atomic mass is 9.78. The molecule has 2 unspecified atom stereocenters. The van der Waals surface area contributed by atoms with Gasteiger partial charge in [-0.15, -0.1) is 0 Å². The highest BCUT2D eigenvalue weighted by atomic mass is 16.5. The van der Waals surface area contributed by atoms with E-state index in [-0.39, 0.29) is 18.1 Å². The third-order valence-corrected chi connectivity index (χ3v) is 4.51. The molecule has 1 aliphatic heterocycles. The van der Waals surface area contributed by atoms with Crippen molar-refractivity contribution in [2.45, 2.75) is 64.1 Å². The van der Waals surface area contributed by atoms with Crippen molar-refractivity contribution in [1.82, 2.24) is 0 Å². The SMILES string of the molecule is CCC1CCC(C(=O)C2CCC(CN)O2)CC1. The number of hydrogen-bond donors (Lipinski definition) is 1. The smallest absolute Gasteiger partial charge is 0.164 e. The molecule has 0 radical (unpaired) electrons. The van der Waals surface area contributed by atoms with Crippen LogP contribution in [-0.2, 0) is 9.53 Å². The van der Waals surface area contributed by atoms with E-state index in [0.29, 0.717) is 12.3 Å². The Morgan fingerprint density at radius 1 is 1.18 bits per heavy atom. The number of Topliss-reactive ketones (excluding diaryl/α,β-unsaturated/α-hetero) is 1. The van der Waals surface area contributed by atoms with Crippen LogP contribution in [-0.4, -0.2) is 24.5 Å². The molecule has 17 heavy (non-hydrogen) atoms. The normalized spacial score (nSPS) is 38.2. The van der Waals surface area contributed by atoms with Crippen LogP contribution in [0.5, 0.6) is 0 Å². The molecule has 1 saturated heterocycles. The van der Waals surface area contributed by atoms with E-state index in [1.54, 1.807) is 0 Å². The molecule has 0 amide bonds. The van der Waals surface area contributed by atoms with Gasteiger partial charge in [-0.3, -0.25) is 4.79 Å². The summed E-state index contributed by atoms with van der Waals surface area (Å²) in [5.74, 6) is 1.47. The minimum absolute atomic E-state index is 0.121. The number of ether oxygens (including phenoxy) is 1. The molecule has 2 aliphatic rings. The van der Waals surface area contributed by atoms with Crippen molar-refractivity contribution in [3.63, 3.8) is 0 Å². The van der Waals surface area contributed by atoms with Gasteiger partial charge in [-0.2, -0.15) is 0 Å². The topological polar surface area (TPSA) is 52.3 Å². The van der Waals surface area contributed by atoms with Gasteiger partial charge >= 0.3 is 0 Å². The summed E-state index contributed by atoms with van der Waals surface area (Å²) in [7, 11) is 0.